The van der Waals surface area contributed by atoms with Crippen molar-refractivity contribution in [2.75, 3.05) is 13.2 Å². The van der Waals surface area contributed by atoms with Crippen molar-refractivity contribution >= 4 is 17.9 Å². The van der Waals surface area contributed by atoms with Gasteiger partial charge < -0.3 is 14.2 Å². The quantitative estimate of drug-likeness (QED) is 0.580. The van der Waals surface area contributed by atoms with Gasteiger partial charge in [0.25, 0.3) is 0 Å². The second-order valence-electron chi connectivity index (χ2n) is 5.77. The number of nitrogens with zero attached hydrogens (tertiary/aromatic N) is 1. The molecule has 0 amide bonds. The summed E-state index contributed by atoms with van der Waals surface area (Å²) in [6.45, 7) is 6.89. The number of carbonyl (C=O) groups excluding carboxylic acids is 1. The molecule has 5 nitrogen and oxygen atoms in total. The molecule has 1 aliphatic heterocycles. The molecule has 0 radical (unpaired) electrons. The Balaban J connectivity index is 1.95. The molecule has 1 heterocycles. The average molecular weight is 351 g/mol. The number of aryl methyl sites for hydroxylation is 1. The number of rotatable bonds is 6. The lowest BCUT2D eigenvalue weighted by atomic mass is 10.1. The molecule has 0 fully saturated rings. The summed E-state index contributed by atoms with van der Waals surface area (Å²) in [7, 11) is 0. The molecule has 0 atom stereocenters. The van der Waals surface area contributed by atoms with Crippen LogP contribution < -0.4 is 9.47 Å². The van der Waals surface area contributed by atoms with E-state index >= 15 is 0 Å². The van der Waals surface area contributed by atoms with Gasteiger partial charge in [0.2, 0.25) is 5.90 Å². The minimum Gasteiger partial charge on any atom is -0.494 e. The molecule has 0 spiro atoms. The second-order valence-corrected chi connectivity index (χ2v) is 5.77. The first kappa shape index (κ1) is 17.7. The van der Waals surface area contributed by atoms with Crippen molar-refractivity contribution in [3.63, 3.8) is 0 Å². The summed E-state index contributed by atoms with van der Waals surface area (Å²) in [5.41, 5.74) is 2.84. The Kier molecular flexibility index (Phi) is 5.37. The van der Waals surface area contributed by atoms with Gasteiger partial charge in [-0.3, -0.25) is 0 Å². The molecular weight excluding hydrogens is 330 g/mol. The molecule has 0 aromatic heterocycles. The van der Waals surface area contributed by atoms with Crippen LogP contribution in [-0.4, -0.2) is 25.1 Å². The number of hydrogen-bond acceptors (Lipinski definition) is 5. The minimum atomic E-state index is -0.474. The summed E-state index contributed by atoms with van der Waals surface area (Å²) < 4.78 is 16.5. The zero-order valence-electron chi connectivity index (χ0n) is 15.1. The molecule has 1 aliphatic rings. The maximum Gasteiger partial charge on any atom is 0.363 e. The number of aliphatic imine (C=N–C) groups is 1. The third-order valence-corrected chi connectivity index (χ3v) is 3.77. The van der Waals surface area contributed by atoms with Gasteiger partial charge in [0, 0.05) is 17.2 Å². The molecule has 0 aliphatic carbocycles. The summed E-state index contributed by atoms with van der Waals surface area (Å²) in [6.07, 6.45) is 1.67. The van der Waals surface area contributed by atoms with Gasteiger partial charge in [-0.1, -0.05) is 17.7 Å². The van der Waals surface area contributed by atoms with Gasteiger partial charge in [0.05, 0.1) is 13.2 Å². The Morgan fingerprint density at radius 3 is 2.62 bits per heavy atom. The van der Waals surface area contributed by atoms with Crippen LogP contribution in [0.15, 0.2) is 53.2 Å². The first-order valence-electron chi connectivity index (χ1n) is 8.60. The van der Waals surface area contributed by atoms with Crippen LogP contribution in [0.4, 0.5) is 0 Å². The number of carbonyl (C=O) groups is 1. The zero-order chi connectivity index (χ0) is 18.5. The van der Waals surface area contributed by atoms with Gasteiger partial charge in [0.1, 0.15) is 11.5 Å². The SMILES string of the molecule is CCOc1ccc(/C=C2\N=C(c3cccc(C)c3)OC2=O)c(OCC)c1. The number of cyclic esters (lactones) is 1. The van der Waals surface area contributed by atoms with Crippen molar-refractivity contribution < 1.29 is 19.0 Å². The van der Waals surface area contributed by atoms with E-state index in [1.54, 1.807) is 6.08 Å². The Morgan fingerprint density at radius 1 is 1.08 bits per heavy atom. The van der Waals surface area contributed by atoms with Crippen molar-refractivity contribution in [2.45, 2.75) is 20.8 Å². The number of hydrogen-bond donors (Lipinski definition) is 0. The van der Waals surface area contributed by atoms with Crippen LogP contribution in [-0.2, 0) is 9.53 Å². The highest BCUT2D eigenvalue weighted by atomic mass is 16.6. The highest BCUT2D eigenvalue weighted by molar-refractivity contribution is 6.13. The van der Waals surface area contributed by atoms with E-state index in [0.29, 0.717) is 24.9 Å². The van der Waals surface area contributed by atoms with E-state index in [1.807, 2.05) is 63.2 Å². The van der Waals surface area contributed by atoms with E-state index in [2.05, 4.69) is 4.99 Å². The predicted molar refractivity (Wildman–Crippen MR) is 101 cm³/mol. The second kappa shape index (κ2) is 7.87. The third kappa shape index (κ3) is 3.94. The predicted octanol–water partition coefficient (Wildman–Crippen LogP) is 4.14. The highest BCUT2D eigenvalue weighted by Gasteiger charge is 2.24. The van der Waals surface area contributed by atoms with E-state index in [0.717, 1.165) is 22.4 Å². The summed E-state index contributed by atoms with van der Waals surface area (Å²) >= 11 is 0. The lowest BCUT2D eigenvalue weighted by Crippen LogP contribution is -2.05. The maximum absolute atomic E-state index is 12.2. The topological polar surface area (TPSA) is 57.1 Å². The minimum absolute atomic E-state index is 0.242. The molecule has 5 heteroatoms. The van der Waals surface area contributed by atoms with Crippen LogP contribution in [0.3, 0.4) is 0 Å². The first-order chi connectivity index (χ1) is 12.6. The van der Waals surface area contributed by atoms with Crippen molar-refractivity contribution in [2.24, 2.45) is 4.99 Å². The first-order valence-corrected chi connectivity index (χ1v) is 8.60. The maximum atomic E-state index is 12.2. The molecule has 26 heavy (non-hydrogen) atoms. The molecule has 2 aromatic carbocycles. The van der Waals surface area contributed by atoms with E-state index in [9.17, 15) is 4.79 Å². The van der Waals surface area contributed by atoms with Crippen LogP contribution in [0.1, 0.15) is 30.5 Å². The van der Waals surface area contributed by atoms with Gasteiger partial charge in [-0.15, -0.1) is 0 Å². The van der Waals surface area contributed by atoms with Crippen LogP contribution in [0.5, 0.6) is 11.5 Å². The van der Waals surface area contributed by atoms with Crippen molar-refractivity contribution in [1.29, 1.82) is 0 Å². The Morgan fingerprint density at radius 2 is 1.88 bits per heavy atom. The van der Waals surface area contributed by atoms with Crippen molar-refractivity contribution in [3.8, 4) is 11.5 Å². The molecule has 0 N–H and O–H groups in total. The van der Waals surface area contributed by atoms with E-state index in [-0.39, 0.29) is 5.70 Å². The molecular formula is C21H21NO4. The van der Waals surface area contributed by atoms with Crippen molar-refractivity contribution in [1.82, 2.24) is 0 Å². The Hall–Kier alpha value is -3.08. The van der Waals surface area contributed by atoms with Crippen LogP contribution in [0, 0.1) is 6.92 Å². The standard InChI is InChI=1S/C21H21NO4/c1-4-24-17-10-9-15(19(13-17)25-5-2)12-18-21(23)26-20(22-18)16-8-6-7-14(3)11-16/h6-13H,4-5H2,1-3H3/b18-12-. The molecule has 0 saturated heterocycles. The van der Waals surface area contributed by atoms with Gasteiger partial charge in [-0.2, -0.15) is 0 Å². The zero-order valence-corrected chi connectivity index (χ0v) is 15.1. The fourth-order valence-electron chi connectivity index (χ4n) is 2.63. The van der Waals surface area contributed by atoms with E-state index < -0.39 is 5.97 Å². The molecule has 0 saturated carbocycles. The number of benzene rings is 2. The molecule has 2 aromatic rings. The van der Waals surface area contributed by atoms with Crippen LogP contribution in [0.25, 0.3) is 6.08 Å². The fourth-order valence-corrected chi connectivity index (χ4v) is 2.63. The van der Waals surface area contributed by atoms with Gasteiger partial charge in [-0.05, 0) is 51.1 Å². The largest absolute Gasteiger partial charge is 0.494 e. The lowest BCUT2D eigenvalue weighted by molar-refractivity contribution is -0.129. The van der Waals surface area contributed by atoms with E-state index in [1.165, 1.54) is 0 Å². The summed E-state index contributed by atoms with van der Waals surface area (Å²) in [5.74, 6) is 1.20. The molecule has 134 valence electrons. The summed E-state index contributed by atoms with van der Waals surface area (Å²) in [5, 5.41) is 0. The molecule has 0 bridgehead atoms. The smallest absolute Gasteiger partial charge is 0.363 e. The summed E-state index contributed by atoms with van der Waals surface area (Å²) in [6, 6.07) is 13.2. The third-order valence-electron chi connectivity index (χ3n) is 3.77. The van der Waals surface area contributed by atoms with Crippen LogP contribution in [0.2, 0.25) is 0 Å². The Bertz CT molecular complexity index is 883. The van der Waals surface area contributed by atoms with Gasteiger partial charge in [0.15, 0.2) is 5.70 Å². The average Bonchev–Trinajstić information content (AvgIpc) is 2.98. The lowest BCUT2D eigenvalue weighted by Gasteiger charge is -2.10. The summed E-state index contributed by atoms with van der Waals surface area (Å²) in [4.78, 5) is 16.6. The molecule has 0 unspecified atom stereocenters. The van der Waals surface area contributed by atoms with Crippen molar-refractivity contribution in [3.05, 3.63) is 64.9 Å². The Labute approximate surface area is 152 Å². The van der Waals surface area contributed by atoms with Crippen LogP contribution >= 0.6 is 0 Å². The van der Waals surface area contributed by atoms with Gasteiger partial charge in [-0.25, -0.2) is 9.79 Å². The number of ether oxygens (including phenoxy) is 3. The number of esters is 1. The highest BCUT2D eigenvalue weighted by Crippen LogP contribution is 2.29. The van der Waals surface area contributed by atoms with Gasteiger partial charge >= 0.3 is 5.97 Å². The van der Waals surface area contributed by atoms with E-state index in [4.69, 9.17) is 14.2 Å². The normalized spacial score (nSPS) is 15.0. The molecule has 3 rings (SSSR count). The monoisotopic (exact) mass is 351 g/mol. The fraction of sp³-hybridized carbons (Fsp3) is 0.238.